The van der Waals surface area contributed by atoms with Crippen molar-refractivity contribution in [3.63, 3.8) is 0 Å². The highest BCUT2D eigenvalue weighted by Crippen LogP contribution is 2.21. The van der Waals surface area contributed by atoms with Gasteiger partial charge in [-0.1, -0.05) is 13.1 Å². The minimum Gasteiger partial charge on any atom is -0.411 e. The molecule has 2 atom stereocenters. The monoisotopic (exact) mass is 347 g/mol. The van der Waals surface area contributed by atoms with Gasteiger partial charge < -0.3 is 18.8 Å². The van der Waals surface area contributed by atoms with Crippen LogP contribution in [0.3, 0.4) is 0 Å². The first kappa shape index (κ1) is 20.3. The Morgan fingerprint density at radius 1 is 1.36 bits per heavy atom. The highest BCUT2D eigenvalue weighted by atomic mass is 28.4. The van der Waals surface area contributed by atoms with E-state index in [-0.39, 0.29) is 6.10 Å². The molecule has 0 aromatic heterocycles. The average molecular weight is 348 g/mol. The maximum absolute atomic E-state index is 6.40. The summed E-state index contributed by atoms with van der Waals surface area (Å²) in [6.45, 7) is 16.4. The summed E-state index contributed by atoms with van der Waals surface area (Å²) in [5.74, 6) is 0. The molecule has 0 aromatic carbocycles. The lowest BCUT2D eigenvalue weighted by Crippen LogP contribution is -2.47. The van der Waals surface area contributed by atoms with Crippen molar-refractivity contribution in [3.8, 4) is 0 Å². The molecule has 1 rings (SSSR count). The molecule has 0 aromatic rings. The van der Waals surface area contributed by atoms with Gasteiger partial charge in [0.2, 0.25) is 0 Å². The van der Waals surface area contributed by atoms with Crippen LogP contribution in [0.25, 0.3) is 0 Å². The van der Waals surface area contributed by atoms with Crippen molar-refractivity contribution in [2.24, 2.45) is 0 Å². The lowest BCUT2D eigenvalue weighted by Gasteiger charge is -2.37. The highest BCUT2D eigenvalue weighted by molar-refractivity contribution is 6.71. The molecule has 1 aliphatic rings. The zero-order chi connectivity index (χ0) is 16.6. The molecule has 0 N–H and O–H groups in total. The smallest absolute Gasteiger partial charge is 0.187 e. The Labute approximate surface area is 140 Å². The van der Waals surface area contributed by atoms with E-state index in [1.54, 1.807) is 7.11 Å². The third-order valence-electron chi connectivity index (χ3n) is 4.41. The summed E-state index contributed by atoms with van der Waals surface area (Å²) < 4.78 is 17.7. The zero-order valence-corrected chi connectivity index (χ0v) is 17.7. The van der Waals surface area contributed by atoms with E-state index in [0.717, 1.165) is 26.1 Å². The average Bonchev–Trinajstić information content (AvgIpc) is 2.40. The van der Waals surface area contributed by atoms with Crippen LogP contribution in [0, 0.1) is 0 Å². The maximum atomic E-state index is 6.40. The van der Waals surface area contributed by atoms with E-state index >= 15 is 0 Å². The Morgan fingerprint density at radius 2 is 2.09 bits per heavy atom. The molecule has 0 bridgehead atoms. The molecule has 0 saturated carbocycles. The molecule has 22 heavy (non-hydrogen) atoms. The summed E-state index contributed by atoms with van der Waals surface area (Å²) in [5, 5.41) is 0. The fraction of sp³-hybridized carbons (Fsp3) is 1.00. The fourth-order valence-electron chi connectivity index (χ4n) is 3.26. The standard InChI is InChI=1S/C16H37NO3Si2/c1-7-19-16(21(3)4)9-11-17-10-8-12-22(5,6)20-15(13-17)14-18-2/h15-16,21H,7-14H2,1-6H3. The van der Waals surface area contributed by atoms with Crippen molar-refractivity contribution >= 4 is 17.1 Å². The third kappa shape index (κ3) is 7.70. The zero-order valence-electron chi connectivity index (χ0n) is 15.6. The van der Waals surface area contributed by atoms with E-state index in [1.807, 2.05) is 0 Å². The SMILES string of the molecule is CCOC(CCN1CCC[Si](C)(C)OC(COC)C1)[SiH](C)C. The van der Waals surface area contributed by atoms with Gasteiger partial charge in [-0.25, -0.2) is 0 Å². The second kappa shape index (κ2) is 10.2. The summed E-state index contributed by atoms with van der Waals surface area (Å²) in [6, 6.07) is 1.25. The molecule has 1 aliphatic heterocycles. The summed E-state index contributed by atoms with van der Waals surface area (Å²) in [4.78, 5) is 2.57. The second-order valence-electron chi connectivity index (χ2n) is 7.39. The van der Waals surface area contributed by atoms with Crippen molar-refractivity contribution in [2.75, 3.05) is 40.0 Å². The molecule has 6 heteroatoms. The van der Waals surface area contributed by atoms with Gasteiger partial charge in [0.05, 0.1) is 21.5 Å². The first-order valence-electron chi connectivity index (χ1n) is 8.88. The molecule has 2 unspecified atom stereocenters. The Balaban J connectivity index is 2.54. The van der Waals surface area contributed by atoms with Crippen LogP contribution in [-0.4, -0.2) is 73.8 Å². The molecule has 0 radical (unpaired) electrons. The van der Waals surface area contributed by atoms with Crippen molar-refractivity contribution in [1.29, 1.82) is 0 Å². The lowest BCUT2D eigenvalue weighted by atomic mass is 10.3. The molecule has 0 amide bonds. The van der Waals surface area contributed by atoms with Gasteiger partial charge in [-0.05, 0) is 45.4 Å². The van der Waals surface area contributed by atoms with Crippen LogP contribution < -0.4 is 0 Å². The van der Waals surface area contributed by atoms with Gasteiger partial charge in [0.25, 0.3) is 0 Å². The molecule has 1 saturated heterocycles. The van der Waals surface area contributed by atoms with E-state index in [2.05, 4.69) is 38.0 Å². The Hall–Kier alpha value is 0.274. The minimum atomic E-state index is -1.50. The second-order valence-corrected chi connectivity index (χ2v) is 14.9. The van der Waals surface area contributed by atoms with E-state index in [0.29, 0.717) is 12.3 Å². The van der Waals surface area contributed by atoms with Crippen molar-refractivity contribution in [3.05, 3.63) is 0 Å². The van der Waals surface area contributed by atoms with Crippen LogP contribution in [0.4, 0.5) is 0 Å². The van der Waals surface area contributed by atoms with Gasteiger partial charge in [0.15, 0.2) is 8.32 Å². The summed E-state index contributed by atoms with van der Waals surface area (Å²) in [5.41, 5.74) is 0.503. The normalized spacial score (nSPS) is 25.0. The molecule has 1 heterocycles. The first-order chi connectivity index (χ1) is 10.4. The van der Waals surface area contributed by atoms with Crippen LogP contribution in [-0.2, 0) is 13.9 Å². The summed E-state index contributed by atoms with van der Waals surface area (Å²) in [7, 11) is -0.472. The van der Waals surface area contributed by atoms with Crippen LogP contribution in [0.15, 0.2) is 0 Å². The van der Waals surface area contributed by atoms with E-state index in [4.69, 9.17) is 13.9 Å². The lowest BCUT2D eigenvalue weighted by molar-refractivity contribution is 0.0366. The van der Waals surface area contributed by atoms with Gasteiger partial charge in [-0.15, -0.1) is 0 Å². The first-order valence-corrected chi connectivity index (χ1v) is 15.0. The largest absolute Gasteiger partial charge is 0.411 e. The summed E-state index contributed by atoms with van der Waals surface area (Å²) in [6.07, 6.45) is 2.66. The number of nitrogens with zero attached hydrogens (tertiary/aromatic N) is 1. The highest BCUT2D eigenvalue weighted by Gasteiger charge is 2.30. The predicted molar refractivity (Wildman–Crippen MR) is 99.0 cm³/mol. The van der Waals surface area contributed by atoms with E-state index < -0.39 is 17.1 Å². The van der Waals surface area contributed by atoms with Crippen molar-refractivity contribution < 1.29 is 13.9 Å². The summed E-state index contributed by atoms with van der Waals surface area (Å²) >= 11 is 0. The number of hydrogen-bond donors (Lipinski definition) is 0. The van der Waals surface area contributed by atoms with Crippen LogP contribution >= 0.6 is 0 Å². The molecule has 132 valence electrons. The molecule has 0 aliphatic carbocycles. The van der Waals surface area contributed by atoms with E-state index in [9.17, 15) is 0 Å². The van der Waals surface area contributed by atoms with Gasteiger partial charge >= 0.3 is 0 Å². The van der Waals surface area contributed by atoms with Gasteiger partial charge in [-0.3, -0.25) is 0 Å². The van der Waals surface area contributed by atoms with Gasteiger partial charge in [0, 0.05) is 32.5 Å². The van der Waals surface area contributed by atoms with Crippen LogP contribution in [0.1, 0.15) is 19.8 Å². The Kier molecular flexibility index (Phi) is 9.42. The van der Waals surface area contributed by atoms with Crippen LogP contribution in [0.2, 0.25) is 32.2 Å². The van der Waals surface area contributed by atoms with Crippen molar-refractivity contribution in [1.82, 2.24) is 4.90 Å². The van der Waals surface area contributed by atoms with Gasteiger partial charge in [0.1, 0.15) is 0 Å². The number of rotatable bonds is 8. The van der Waals surface area contributed by atoms with Gasteiger partial charge in [-0.2, -0.15) is 0 Å². The molecular formula is C16H37NO3Si2. The fourth-order valence-corrected chi connectivity index (χ4v) is 6.83. The topological polar surface area (TPSA) is 30.9 Å². The van der Waals surface area contributed by atoms with Crippen LogP contribution in [0.5, 0.6) is 0 Å². The van der Waals surface area contributed by atoms with Crippen molar-refractivity contribution in [2.45, 2.75) is 63.8 Å². The molecule has 4 nitrogen and oxygen atoms in total. The van der Waals surface area contributed by atoms with E-state index in [1.165, 1.54) is 19.0 Å². The molecule has 0 spiro atoms. The predicted octanol–water partition coefficient (Wildman–Crippen LogP) is 2.75. The Morgan fingerprint density at radius 3 is 2.68 bits per heavy atom. The molecular weight excluding hydrogens is 310 g/mol. The minimum absolute atomic E-state index is 0.230. The number of methoxy groups -OCH3 is 1. The molecule has 1 fully saturated rings. The third-order valence-corrected chi connectivity index (χ3v) is 8.95. The number of hydrogen-bond acceptors (Lipinski definition) is 4. The number of ether oxygens (including phenoxy) is 2. The quantitative estimate of drug-likeness (QED) is 0.632. The maximum Gasteiger partial charge on any atom is 0.187 e. The Bertz CT molecular complexity index is 303.